The average Bonchev–Trinajstić information content (AvgIpc) is 2.32. The summed E-state index contributed by atoms with van der Waals surface area (Å²) in [5.41, 5.74) is 3.77. The van der Waals surface area contributed by atoms with Crippen LogP contribution >= 0.6 is 0 Å². The van der Waals surface area contributed by atoms with Gasteiger partial charge in [0.25, 0.3) is 0 Å². The standard InChI is InChI=1S/C16H24N2O3/c1-9(2)6-13(15(19)20)17-16(21)18-14-11(4)7-10(3)8-12(14)5/h7-9,13H,6H2,1-5H3,(H,19,20)(H2,17,18,21)/t13-/m0/s1. The van der Waals surface area contributed by atoms with Crippen LogP contribution in [0.3, 0.4) is 0 Å². The maximum Gasteiger partial charge on any atom is 0.326 e. The molecule has 0 spiro atoms. The molecule has 0 fully saturated rings. The first-order chi connectivity index (χ1) is 9.70. The minimum atomic E-state index is -1.02. The summed E-state index contributed by atoms with van der Waals surface area (Å²) in [6.07, 6.45) is 0.397. The molecule has 1 aromatic rings. The van der Waals surface area contributed by atoms with E-state index in [1.165, 1.54) is 0 Å². The predicted octanol–water partition coefficient (Wildman–Crippen LogP) is 3.23. The van der Waals surface area contributed by atoms with Gasteiger partial charge in [-0.1, -0.05) is 31.5 Å². The lowest BCUT2D eigenvalue weighted by Crippen LogP contribution is -2.43. The number of aliphatic carboxylic acids is 1. The second kappa shape index (κ2) is 7.11. The first kappa shape index (κ1) is 17.0. The summed E-state index contributed by atoms with van der Waals surface area (Å²) in [6, 6.07) is 2.59. The van der Waals surface area contributed by atoms with E-state index in [1.807, 2.05) is 46.8 Å². The molecule has 3 N–H and O–H groups in total. The molecule has 2 amide bonds. The van der Waals surface area contributed by atoms with Gasteiger partial charge in [0, 0.05) is 5.69 Å². The van der Waals surface area contributed by atoms with Crippen molar-refractivity contribution in [3.8, 4) is 0 Å². The number of carbonyl (C=O) groups excluding carboxylic acids is 1. The molecule has 0 aromatic heterocycles. The van der Waals surface area contributed by atoms with Gasteiger partial charge in [-0.3, -0.25) is 0 Å². The molecular formula is C16H24N2O3. The molecule has 116 valence electrons. The van der Waals surface area contributed by atoms with Crippen molar-refractivity contribution < 1.29 is 14.7 Å². The molecular weight excluding hydrogens is 268 g/mol. The van der Waals surface area contributed by atoms with E-state index in [9.17, 15) is 9.59 Å². The van der Waals surface area contributed by atoms with Crippen LogP contribution in [0.1, 0.15) is 37.0 Å². The largest absolute Gasteiger partial charge is 0.480 e. The van der Waals surface area contributed by atoms with Gasteiger partial charge in [0.05, 0.1) is 0 Å². The van der Waals surface area contributed by atoms with Gasteiger partial charge in [-0.2, -0.15) is 0 Å². The summed E-state index contributed by atoms with van der Waals surface area (Å²) in [6.45, 7) is 9.66. The molecule has 5 heteroatoms. The number of carboxylic acids is 1. The van der Waals surface area contributed by atoms with Crippen LogP contribution in [0.4, 0.5) is 10.5 Å². The number of hydrogen-bond acceptors (Lipinski definition) is 2. The van der Waals surface area contributed by atoms with Crippen LogP contribution in [0.25, 0.3) is 0 Å². The molecule has 1 rings (SSSR count). The minimum absolute atomic E-state index is 0.189. The van der Waals surface area contributed by atoms with E-state index in [4.69, 9.17) is 5.11 Å². The first-order valence-electron chi connectivity index (χ1n) is 7.09. The van der Waals surface area contributed by atoms with E-state index in [0.29, 0.717) is 6.42 Å². The Morgan fingerprint density at radius 1 is 1.14 bits per heavy atom. The first-order valence-corrected chi connectivity index (χ1v) is 7.09. The molecule has 21 heavy (non-hydrogen) atoms. The van der Waals surface area contributed by atoms with E-state index >= 15 is 0 Å². The third-order valence-electron chi connectivity index (χ3n) is 3.23. The molecule has 0 aliphatic heterocycles. The summed E-state index contributed by atoms with van der Waals surface area (Å²) < 4.78 is 0. The summed E-state index contributed by atoms with van der Waals surface area (Å²) in [7, 11) is 0. The van der Waals surface area contributed by atoms with Crippen molar-refractivity contribution in [1.82, 2.24) is 5.32 Å². The number of anilines is 1. The summed E-state index contributed by atoms with van der Waals surface area (Å²) in [4.78, 5) is 23.2. The number of nitrogens with one attached hydrogen (secondary N) is 2. The number of carboxylic acid groups (broad SMARTS) is 1. The molecule has 1 aromatic carbocycles. The Balaban J connectivity index is 2.79. The van der Waals surface area contributed by atoms with Crippen molar-refractivity contribution in [3.63, 3.8) is 0 Å². The van der Waals surface area contributed by atoms with E-state index in [0.717, 1.165) is 22.4 Å². The Morgan fingerprint density at radius 2 is 1.67 bits per heavy atom. The minimum Gasteiger partial charge on any atom is -0.480 e. The van der Waals surface area contributed by atoms with Crippen LogP contribution in [0, 0.1) is 26.7 Å². The Morgan fingerprint density at radius 3 is 2.10 bits per heavy atom. The van der Waals surface area contributed by atoms with Crippen LogP contribution < -0.4 is 10.6 Å². The molecule has 0 saturated heterocycles. The van der Waals surface area contributed by atoms with Gasteiger partial charge < -0.3 is 15.7 Å². The van der Waals surface area contributed by atoms with Crippen molar-refractivity contribution >= 4 is 17.7 Å². The highest BCUT2D eigenvalue weighted by atomic mass is 16.4. The SMILES string of the molecule is Cc1cc(C)c(NC(=O)N[C@@H](CC(C)C)C(=O)O)c(C)c1. The fraction of sp³-hybridized carbons (Fsp3) is 0.500. The van der Waals surface area contributed by atoms with Gasteiger partial charge in [0.1, 0.15) is 6.04 Å². The molecule has 0 bridgehead atoms. The third kappa shape index (κ3) is 5.10. The number of rotatable bonds is 5. The lowest BCUT2D eigenvalue weighted by molar-refractivity contribution is -0.139. The van der Waals surface area contributed by atoms with Crippen molar-refractivity contribution in [1.29, 1.82) is 0 Å². The molecule has 1 atom stereocenters. The fourth-order valence-electron chi connectivity index (χ4n) is 2.38. The molecule has 0 aliphatic rings. The Bertz CT molecular complexity index is 515. The molecule has 0 heterocycles. The maximum absolute atomic E-state index is 12.0. The van der Waals surface area contributed by atoms with Gasteiger partial charge in [-0.15, -0.1) is 0 Å². The number of amides is 2. The monoisotopic (exact) mass is 292 g/mol. The lowest BCUT2D eigenvalue weighted by Gasteiger charge is -2.18. The van der Waals surface area contributed by atoms with Crippen LogP contribution in [0.2, 0.25) is 0 Å². The van der Waals surface area contributed by atoms with Gasteiger partial charge in [-0.25, -0.2) is 9.59 Å². The number of aryl methyl sites for hydroxylation is 3. The number of hydrogen-bond donors (Lipinski definition) is 3. The van der Waals surface area contributed by atoms with Crippen molar-refractivity contribution in [3.05, 3.63) is 28.8 Å². The zero-order valence-corrected chi connectivity index (χ0v) is 13.3. The van der Waals surface area contributed by atoms with Crippen molar-refractivity contribution in [2.45, 2.75) is 47.1 Å². The number of benzene rings is 1. The highest BCUT2D eigenvalue weighted by Crippen LogP contribution is 2.21. The second-order valence-corrected chi connectivity index (χ2v) is 5.89. The zero-order chi connectivity index (χ0) is 16.2. The fourth-order valence-corrected chi connectivity index (χ4v) is 2.38. The normalized spacial score (nSPS) is 12.1. The predicted molar refractivity (Wildman–Crippen MR) is 83.7 cm³/mol. The molecule has 0 unspecified atom stereocenters. The van der Waals surface area contributed by atoms with Crippen LogP contribution in [-0.2, 0) is 4.79 Å². The van der Waals surface area contributed by atoms with Crippen LogP contribution in [-0.4, -0.2) is 23.1 Å². The van der Waals surface area contributed by atoms with Crippen molar-refractivity contribution in [2.24, 2.45) is 5.92 Å². The summed E-state index contributed by atoms with van der Waals surface area (Å²) in [5, 5.41) is 14.4. The van der Waals surface area contributed by atoms with E-state index in [1.54, 1.807) is 0 Å². The molecule has 5 nitrogen and oxygen atoms in total. The Labute approximate surface area is 125 Å². The molecule has 0 aliphatic carbocycles. The number of urea groups is 1. The van der Waals surface area contributed by atoms with Crippen LogP contribution in [0.5, 0.6) is 0 Å². The highest BCUT2D eigenvalue weighted by molar-refractivity contribution is 5.93. The Hall–Kier alpha value is -2.04. The van der Waals surface area contributed by atoms with E-state index in [-0.39, 0.29) is 5.92 Å². The molecule has 0 radical (unpaired) electrons. The maximum atomic E-state index is 12.0. The van der Waals surface area contributed by atoms with E-state index in [2.05, 4.69) is 10.6 Å². The van der Waals surface area contributed by atoms with Crippen molar-refractivity contribution in [2.75, 3.05) is 5.32 Å². The van der Waals surface area contributed by atoms with Gasteiger partial charge in [-0.05, 0) is 44.2 Å². The molecule has 0 saturated carbocycles. The summed E-state index contributed by atoms with van der Waals surface area (Å²) in [5.74, 6) is -0.828. The Kier molecular flexibility index (Phi) is 5.76. The summed E-state index contributed by atoms with van der Waals surface area (Å²) >= 11 is 0. The third-order valence-corrected chi connectivity index (χ3v) is 3.23. The topological polar surface area (TPSA) is 78.4 Å². The number of carbonyl (C=O) groups is 2. The van der Waals surface area contributed by atoms with Gasteiger partial charge in [0.2, 0.25) is 0 Å². The van der Waals surface area contributed by atoms with Gasteiger partial charge >= 0.3 is 12.0 Å². The zero-order valence-electron chi connectivity index (χ0n) is 13.3. The van der Waals surface area contributed by atoms with Gasteiger partial charge in [0.15, 0.2) is 0 Å². The highest BCUT2D eigenvalue weighted by Gasteiger charge is 2.21. The quantitative estimate of drug-likeness (QED) is 0.779. The smallest absolute Gasteiger partial charge is 0.326 e. The average molecular weight is 292 g/mol. The second-order valence-electron chi connectivity index (χ2n) is 5.89. The van der Waals surface area contributed by atoms with Crippen LogP contribution in [0.15, 0.2) is 12.1 Å². The lowest BCUT2D eigenvalue weighted by atomic mass is 10.0. The van der Waals surface area contributed by atoms with E-state index < -0.39 is 18.0 Å².